The van der Waals surface area contributed by atoms with Crippen LogP contribution in [0.15, 0.2) is 18.2 Å². The highest BCUT2D eigenvalue weighted by Gasteiger charge is 2.35. The molecule has 2 atom stereocenters. The molecule has 0 radical (unpaired) electrons. The summed E-state index contributed by atoms with van der Waals surface area (Å²) in [6, 6.07) is 6.55. The maximum absolute atomic E-state index is 13.2. The second-order valence-corrected chi connectivity index (χ2v) is 5.60. The molecule has 98 valence electrons. The van der Waals surface area contributed by atoms with E-state index >= 15 is 0 Å². The summed E-state index contributed by atoms with van der Waals surface area (Å²) in [5, 5.41) is 3.60. The fraction of sp³-hybridized carbons (Fsp3) is 0.600. The Morgan fingerprint density at radius 2 is 2.11 bits per heavy atom. The van der Waals surface area contributed by atoms with Crippen LogP contribution in [0.25, 0.3) is 0 Å². The zero-order chi connectivity index (χ0) is 12.5. The Morgan fingerprint density at radius 1 is 1.22 bits per heavy atom. The zero-order valence-electron chi connectivity index (χ0n) is 11.0. The monoisotopic (exact) mass is 248 g/mol. The van der Waals surface area contributed by atoms with Crippen LogP contribution >= 0.6 is 0 Å². The summed E-state index contributed by atoms with van der Waals surface area (Å²) in [6.07, 6.45) is 5.21. The predicted octanol–water partition coefficient (Wildman–Crippen LogP) is 3.17. The van der Waals surface area contributed by atoms with Crippen molar-refractivity contribution in [2.45, 2.75) is 44.7 Å². The molecule has 2 unspecified atom stereocenters. The van der Waals surface area contributed by atoms with E-state index < -0.39 is 0 Å². The number of aryl methyl sites for hydroxylation is 1. The van der Waals surface area contributed by atoms with Crippen LogP contribution in [0.3, 0.4) is 0 Å². The van der Waals surface area contributed by atoms with Gasteiger partial charge in [0.2, 0.25) is 0 Å². The number of halogens is 1. The van der Waals surface area contributed by atoms with E-state index in [0.717, 1.165) is 11.3 Å². The summed E-state index contributed by atoms with van der Waals surface area (Å²) in [7, 11) is 0. The molecule has 2 aliphatic heterocycles. The summed E-state index contributed by atoms with van der Waals surface area (Å²) in [5.74, 6) is -0.119. The van der Waals surface area contributed by atoms with Crippen molar-refractivity contribution in [2.24, 2.45) is 0 Å². The van der Waals surface area contributed by atoms with Crippen molar-refractivity contribution in [1.82, 2.24) is 4.90 Å². The smallest absolute Gasteiger partial charge is 0.126 e. The van der Waals surface area contributed by atoms with Gasteiger partial charge < -0.3 is 5.32 Å². The minimum Gasteiger partial charge on any atom is -0.381 e. The molecule has 0 saturated carbocycles. The number of benzene rings is 1. The van der Waals surface area contributed by atoms with Crippen LogP contribution < -0.4 is 5.32 Å². The third-order valence-corrected chi connectivity index (χ3v) is 4.37. The Bertz CT molecular complexity index is 433. The number of rotatable bonds is 2. The molecule has 2 fully saturated rings. The molecule has 2 nitrogen and oxygen atoms in total. The molecule has 0 bridgehead atoms. The second kappa shape index (κ2) is 4.88. The van der Waals surface area contributed by atoms with Crippen LogP contribution in [0.4, 0.5) is 10.1 Å². The molecule has 1 N–H and O–H groups in total. The van der Waals surface area contributed by atoms with Crippen LogP contribution in [-0.2, 0) is 0 Å². The Kier molecular flexibility index (Phi) is 3.25. The molecule has 0 amide bonds. The molecule has 3 heteroatoms. The number of nitrogens with one attached hydrogen (secondary N) is 1. The van der Waals surface area contributed by atoms with Gasteiger partial charge in [-0.25, -0.2) is 4.39 Å². The van der Waals surface area contributed by atoms with Crippen molar-refractivity contribution < 1.29 is 4.39 Å². The van der Waals surface area contributed by atoms with E-state index in [-0.39, 0.29) is 5.82 Å². The highest BCUT2D eigenvalue weighted by atomic mass is 19.1. The first-order valence-electron chi connectivity index (χ1n) is 7.01. The van der Waals surface area contributed by atoms with E-state index in [1.807, 2.05) is 19.1 Å². The molecule has 0 aliphatic carbocycles. The largest absolute Gasteiger partial charge is 0.381 e. The van der Waals surface area contributed by atoms with E-state index in [2.05, 4.69) is 10.2 Å². The van der Waals surface area contributed by atoms with Crippen molar-refractivity contribution in [3.8, 4) is 0 Å². The van der Waals surface area contributed by atoms with Gasteiger partial charge >= 0.3 is 0 Å². The van der Waals surface area contributed by atoms with Gasteiger partial charge in [0.05, 0.1) is 0 Å². The molecular weight excluding hydrogens is 227 g/mol. The van der Waals surface area contributed by atoms with Crippen molar-refractivity contribution >= 4 is 5.69 Å². The molecular formula is C15H21FN2. The Hall–Kier alpha value is -1.09. The highest BCUT2D eigenvalue weighted by Crippen LogP contribution is 2.29. The lowest BCUT2D eigenvalue weighted by Gasteiger charge is -2.33. The lowest BCUT2D eigenvalue weighted by atomic mass is 9.99. The molecule has 2 aliphatic rings. The van der Waals surface area contributed by atoms with Crippen molar-refractivity contribution in [3.63, 3.8) is 0 Å². The van der Waals surface area contributed by atoms with Crippen LogP contribution in [-0.4, -0.2) is 30.1 Å². The van der Waals surface area contributed by atoms with Gasteiger partial charge in [0.1, 0.15) is 5.82 Å². The molecule has 3 rings (SSSR count). The molecule has 18 heavy (non-hydrogen) atoms. The van der Waals surface area contributed by atoms with E-state index in [9.17, 15) is 4.39 Å². The quantitative estimate of drug-likeness (QED) is 0.864. The van der Waals surface area contributed by atoms with E-state index in [1.54, 1.807) is 6.07 Å². The number of piperidine rings is 1. The first kappa shape index (κ1) is 12.0. The number of fused-ring (bicyclic) bond motifs is 1. The van der Waals surface area contributed by atoms with Gasteiger partial charge in [-0.1, -0.05) is 6.42 Å². The van der Waals surface area contributed by atoms with Gasteiger partial charge in [-0.15, -0.1) is 0 Å². The maximum Gasteiger partial charge on any atom is 0.126 e. The SMILES string of the molecule is Cc1cc(NC2CCN3CCCCC23)ccc1F. The summed E-state index contributed by atoms with van der Waals surface area (Å²) in [5.41, 5.74) is 1.78. The van der Waals surface area contributed by atoms with Crippen LogP contribution in [0.5, 0.6) is 0 Å². The Labute approximate surface area is 108 Å². The minimum absolute atomic E-state index is 0.119. The summed E-state index contributed by atoms with van der Waals surface area (Å²) < 4.78 is 13.2. The summed E-state index contributed by atoms with van der Waals surface area (Å²) >= 11 is 0. The summed E-state index contributed by atoms with van der Waals surface area (Å²) in [6.45, 7) is 4.29. The van der Waals surface area contributed by atoms with Crippen LogP contribution in [0, 0.1) is 12.7 Å². The Morgan fingerprint density at radius 3 is 2.94 bits per heavy atom. The van der Waals surface area contributed by atoms with Gasteiger partial charge in [0.25, 0.3) is 0 Å². The minimum atomic E-state index is -0.119. The first-order valence-corrected chi connectivity index (χ1v) is 7.01. The standard InChI is InChI=1S/C15H21FN2/c1-11-10-12(5-6-13(11)16)17-14-7-9-18-8-3-2-4-15(14)18/h5-6,10,14-15,17H,2-4,7-9H2,1H3. The lowest BCUT2D eigenvalue weighted by molar-refractivity contribution is 0.193. The van der Waals surface area contributed by atoms with Crippen molar-refractivity contribution in [2.75, 3.05) is 18.4 Å². The number of hydrogen-bond acceptors (Lipinski definition) is 2. The topological polar surface area (TPSA) is 15.3 Å². The third kappa shape index (κ3) is 2.24. The third-order valence-electron chi connectivity index (χ3n) is 4.37. The average molecular weight is 248 g/mol. The second-order valence-electron chi connectivity index (χ2n) is 5.60. The van der Waals surface area contributed by atoms with Gasteiger partial charge in [0.15, 0.2) is 0 Å². The fourth-order valence-electron chi connectivity index (χ4n) is 3.36. The molecule has 1 aromatic rings. The number of nitrogens with zero attached hydrogens (tertiary/aromatic N) is 1. The highest BCUT2D eigenvalue weighted by molar-refractivity contribution is 5.47. The van der Waals surface area contributed by atoms with E-state index in [4.69, 9.17) is 0 Å². The zero-order valence-corrected chi connectivity index (χ0v) is 11.0. The predicted molar refractivity (Wildman–Crippen MR) is 72.4 cm³/mol. The van der Waals surface area contributed by atoms with Gasteiger partial charge in [-0.3, -0.25) is 4.90 Å². The van der Waals surface area contributed by atoms with E-state index in [1.165, 1.54) is 38.8 Å². The van der Waals surface area contributed by atoms with Crippen LogP contribution in [0.1, 0.15) is 31.2 Å². The van der Waals surface area contributed by atoms with Gasteiger partial charge in [0, 0.05) is 24.3 Å². The maximum atomic E-state index is 13.2. The van der Waals surface area contributed by atoms with Crippen LogP contribution in [0.2, 0.25) is 0 Å². The first-order chi connectivity index (χ1) is 8.74. The van der Waals surface area contributed by atoms with E-state index in [0.29, 0.717) is 12.1 Å². The van der Waals surface area contributed by atoms with Gasteiger partial charge in [-0.05, 0) is 56.5 Å². The van der Waals surface area contributed by atoms with Gasteiger partial charge in [-0.2, -0.15) is 0 Å². The lowest BCUT2D eigenvalue weighted by Crippen LogP contribution is -2.41. The summed E-state index contributed by atoms with van der Waals surface area (Å²) in [4.78, 5) is 2.61. The van der Waals surface area contributed by atoms with Crippen molar-refractivity contribution in [1.29, 1.82) is 0 Å². The normalized spacial score (nSPS) is 28.1. The molecule has 1 aromatic carbocycles. The average Bonchev–Trinajstić information content (AvgIpc) is 2.78. The molecule has 0 spiro atoms. The van der Waals surface area contributed by atoms with Crippen molar-refractivity contribution in [3.05, 3.63) is 29.6 Å². The Balaban J connectivity index is 1.70. The number of anilines is 1. The number of hydrogen-bond donors (Lipinski definition) is 1. The molecule has 0 aromatic heterocycles. The molecule has 2 heterocycles. The fourth-order valence-corrected chi connectivity index (χ4v) is 3.36. The molecule has 2 saturated heterocycles.